The van der Waals surface area contributed by atoms with Crippen molar-refractivity contribution >= 4 is 29.1 Å². The number of halogens is 4. The summed E-state index contributed by atoms with van der Waals surface area (Å²) in [4.78, 5) is 0. The Bertz CT molecular complexity index is 646. The smallest absolute Gasteiger partial charge is 0.383 e. The van der Waals surface area contributed by atoms with Gasteiger partial charge in [0, 0.05) is 11.8 Å². The molecule has 1 atom stereocenters. The van der Waals surface area contributed by atoms with Gasteiger partial charge in [-0.3, -0.25) is 0 Å². The van der Waals surface area contributed by atoms with E-state index >= 15 is 0 Å². The lowest BCUT2D eigenvalue weighted by atomic mass is 10.2. The summed E-state index contributed by atoms with van der Waals surface area (Å²) in [5.74, 6) is 0.994. The van der Waals surface area contributed by atoms with Crippen LogP contribution in [0.5, 0.6) is 0 Å². The molecule has 0 radical (unpaired) electrons. The molecule has 130 valence electrons. The summed E-state index contributed by atoms with van der Waals surface area (Å²) in [7, 11) is 0. The van der Waals surface area contributed by atoms with Gasteiger partial charge in [0.15, 0.2) is 0 Å². The SMILES string of the molecule is CC(CNc1ccc(C(F)(F)F)cc1Cl)SCCc1ccccc1. The molecule has 0 aliphatic rings. The van der Waals surface area contributed by atoms with Crippen LogP contribution in [0.1, 0.15) is 18.1 Å². The fourth-order valence-corrected chi connectivity index (χ4v) is 3.37. The van der Waals surface area contributed by atoms with Crippen molar-refractivity contribution in [2.75, 3.05) is 17.6 Å². The molecule has 0 amide bonds. The van der Waals surface area contributed by atoms with Crippen molar-refractivity contribution in [1.29, 1.82) is 0 Å². The van der Waals surface area contributed by atoms with Crippen molar-refractivity contribution in [2.45, 2.75) is 24.8 Å². The van der Waals surface area contributed by atoms with E-state index < -0.39 is 11.7 Å². The van der Waals surface area contributed by atoms with E-state index in [2.05, 4.69) is 24.4 Å². The Hall–Kier alpha value is -1.33. The minimum Gasteiger partial charge on any atom is -0.383 e. The van der Waals surface area contributed by atoms with Gasteiger partial charge in [0.05, 0.1) is 16.3 Å². The molecule has 0 aromatic heterocycles. The lowest BCUT2D eigenvalue weighted by Crippen LogP contribution is -2.14. The summed E-state index contributed by atoms with van der Waals surface area (Å²) in [6.45, 7) is 2.73. The van der Waals surface area contributed by atoms with Crippen LogP contribution in [0.2, 0.25) is 5.02 Å². The highest BCUT2D eigenvalue weighted by Crippen LogP contribution is 2.33. The zero-order valence-electron chi connectivity index (χ0n) is 13.2. The largest absolute Gasteiger partial charge is 0.416 e. The Kier molecular flexibility index (Phi) is 6.87. The number of aryl methyl sites for hydroxylation is 1. The maximum absolute atomic E-state index is 12.6. The second-order valence-corrected chi connectivity index (χ2v) is 7.44. The van der Waals surface area contributed by atoms with Crippen LogP contribution in [0.4, 0.5) is 18.9 Å². The average Bonchev–Trinajstić information content (AvgIpc) is 2.54. The van der Waals surface area contributed by atoms with E-state index in [0.29, 0.717) is 17.5 Å². The van der Waals surface area contributed by atoms with Crippen LogP contribution in [0, 0.1) is 0 Å². The fraction of sp³-hybridized carbons (Fsp3) is 0.333. The second-order valence-electron chi connectivity index (χ2n) is 5.49. The minimum atomic E-state index is -4.37. The van der Waals surface area contributed by atoms with E-state index in [1.165, 1.54) is 11.6 Å². The standard InChI is InChI=1S/C18H19ClF3NS/c1-13(24-10-9-14-5-3-2-4-6-14)12-23-17-8-7-15(11-16(17)19)18(20,21)22/h2-8,11,13,23H,9-10,12H2,1H3. The molecule has 1 nitrogen and oxygen atoms in total. The number of anilines is 1. The number of benzene rings is 2. The topological polar surface area (TPSA) is 12.0 Å². The monoisotopic (exact) mass is 373 g/mol. The second kappa shape index (κ2) is 8.67. The zero-order valence-corrected chi connectivity index (χ0v) is 14.8. The number of hydrogen-bond acceptors (Lipinski definition) is 2. The number of hydrogen-bond donors (Lipinski definition) is 1. The molecule has 1 N–H and O–H groups in total. The van der Waals surface area contributed by atoms with E-state index in [1.807, 2.05) is 30.0 Å². The van der Waals surface area contributed by atoms with Gasteiger partial charge in [-0.05, 0) is 35.9 Å². The van der Waals surface area contributed by atoms with E-state index in [9.17, 15) is 13.2 Å². The fourth-order valence-electron chi connectivity index (χ4n) is 2.17. The van der Waals surface area contributed by atoms with Crippen LogP contribution < -0.4 is 5.32 Å². The van der Waals surface area contributed by atoms with Gasteiger partial charge in [-0.15, -0.1) is 0 Å². The molecule has 2 aromatic carbocycles. The Morgan fingerprint density at radius 1 is 1.12 bits per heavy atom. The van der Waals surface area contributed by atoms with Crippen LogP contribution in [0.15, 0.2) is 48.5 Å². The first-order valence-corrected chi connectivity index (χ1v) is 9.05. The highest BCUT2D eigenvalue weighted by Gasteiger charge is 2.30. The van der Waals surface area contributed by atoms with Gasteiger partial charge in [-0.2, -0.15) is 24.9 Å². The predicted molar refractivity (Wildman–Crippen MR) is 97.0 cm³/mol. The van der Waals surface area contributed by atoms with E-state index in [-0.39, 0.29) is 5.02 Å². The van der Waals surface area contributed by atoms with Crippen molar-refractivity contribution in [3.8, 4) is 0 Å². The Morgan fingerprint density at radius 2 is 1.83 bits per heavy atom. The Labute approximate surface area is 149 Å². The summed E-state index contributed by atoms with van der Waals surface area (Å²) in [6, 6.07) is 13.6. The van der Waals surface area contributed by atoms with Crippen LogP contribution in [-0.2, 0) is 12.6 Å². The molecule has 6 heteroatoms. The van der Waals surface area contributed by atoms with Gasteiger partial charge in [0.2, 0.25) is 0 Å². The molecule has 0 spiro atoms. The lowest BCUT2D eigenvalue weighted by Gasteiger charge is -2.15. The summed E-state index contributed by atoms with van der Waals surface area (Å²) in [5, 5.41) is 3.54. The molecule has 0 bridgehead atoms. The number of nitrogens with one attached hydrogen (secondary N) is 1. The molecule has 0 saturated heterocycles. The molecule has 0 heterocycles. The molecule has 24 heavy (non-hydrogen) atoms. The molecule has 2 aromatic rings. The maximum atomic E-state index is 12.6. The van der Waals surface area contributed by atoms with Gasteiger partial charge < -0.3 is 5.32 Å². The third kappa shape index (κ3) is 5.95. The van der Waals surface area contributed by atoms with Crippen LogP contribution in [0.25, 0.3) is 0 Å². The van der Waals surface area contributed by atoms with Gasteiger partial charge in [0.1, 0.15) is 0 Å². The van der Waals surface area contributed by atoms with E-state index in [4.69, 9.17) is 11.6 Å². The van der Waals surface area contributed by atoms with Crippen LogP contribution >= 0.6 is 23.4 Å². The zero-order chi connectivity index (χ0) is 17.6. The molecule has 0 saturated carbocycles. The lowest BCUT2D eigenvalue weighted by molar-refractivity contribution is -0.137. The van der Waals surface area contributed by atoms with Crippen molar-refractivity contribution in [1.82, 2.24) is 0 Å². The summed E-state index contributed by atoms with van der Waals surface area (Å²) >= 11 is 7.75. The van der Waals surface area contributed by atoms with E-state index in [1.54, 1.807) is 0 Å². The maximum Gasteiger partial charge on any atom is 0.416 e. The highest BCUT2D eigenvalue weighted by molar-refractivity contribution is 7.99. The molecule has 1 unspecified atom stereocenters. The molecule has 2 rings (SSSR count). The third-order valence-corrected chi connectivity index (χ3v) is 5.00. The molecule has 0 aliphatic heterocycles. The van der Waals surface area contributed by atoms with Crippen LogP contribution in [-0.4, -0.2) is 17.5 Å². The highest BCUT2D eigenvalue weighted by atomic mass is 35.5. The van der Waals surface area contributed by atoms with Gasteiger partial charge in [-0.25, -0.2) is 0 Å². The molecular weight excluding hydrogens is 355 g/mol. The minimum absolute atomic E-state index is 0.0892. The molecule has 0 fully saturated rings. The van der Waals surface area contributed by atoms with Crippen molar-refractivity contribution < 1.29 is 13.2 Å². The quantitative estimate of drug-likeness (QED) is 0.626. The van der Waals surface area contributed by atoms with Crippen molar-refractivity contribution in [2.24, 2.45) is 0 Å². The van der Waals surface area contributed by atoms with Crippen molar-refractivity contribution in [3.05, 3.63) is 64.7 Å². The Morgan fingerprint density at radius 3 is 2.46 bits per heavy atom. The summed E-state index contributed by atoms with van der Waals surface area (Å²) < 4.78 is 37.8. The summed E-state index contributed by atoms with van der Waals surface area (Å²) in [5.41, 5.74) is 1.10. The van der Waals surface area contributed by atoms with E-state index in [0.717, 1.165) is 24.3 Å². The predicted octanol–water partition coefficient (Wildman–Crippen LogP) is 6.14. The van der Waals surface area contributed by atoms with Crippen LogP contribution in [0.3, 0.4) is 0 Å². The molecule has 0 aliphatic carbocycles. The summed E-state index contributed by atoms with van der Waals surface area (Å²) in [6.07, 6.45) is -3.38. The van der Waals surface area contributed by atoms with Gasteiger partial charge >= 0.3 is 6.18 Å². The molecular formula is C18H19ClF3NS. The van der Waals surface area contributed by atoms with Crippen molar-refractivity contribution in [3.63, 3.8) is 0 Å². The van der Waals surface area contributed by atoms with Gasteiger partial charge in [-0.1, -0.05) is 48.9 Å². The first-order chi connectivity index (χ1) is 11.4. The first kappa shape index (κ1) is 19.0. The normalized spacial score (nSPS) is 12.9. The average molecular weight is 374 g/mol. The van der Waals surface area contributed by atoms with Gasteiger partial charge in [0.25, 0.3) is 0 Å². The number of thioether (sulfide) groups is 1. The number of alkyl halides is 3. The first-order valence-electron chi connectivity index (χ1n) is 7.62. The third-order valence-electron chi connectivity index (χ3n) is 3.51. The Balaban J connectivity index is 1.78. The number of rotatable bonds is 7.